The second kappa shape index (κ2) is 11.6. The number of nitrogens with one attached hydrogen (secondary N) is 1. The molecule has 0 radical (unpaired) electrons. The van der Waals surface area contributed by atoms with E-state index in [2.05, 4.69) is 0 Å². The molecule has 1 unspecified atom stereocenters. The first kappa shape index (κ1) is 24.6. The summed E-state index contributed by atoms with van der Waals surface area (Å²) in [5, 5.41) is 9.01. The second-order valence-corrected chi connectivity index (χ2v) is 8.66. The van der Waals surface area contributed by atoms with Crippen LogP contribution in [0.4, 0.5) is 4.39 Å². The van der Waals surface area contributed by atoms with Gasteiger partial charge in [-0.2, -0.15) is 4.31 Å². The van der Waals surface area contributed by atoms with Gasteiger partial charge in [0.25, 0.3) is 5.91 Å². The molecule has 2 aromatic rings. The SMILES string of the molecule is COc1cccc(CN(C(C)C(=O)NO)S(=O)(=O)c2ccc(OCCCCF)cc2)c1. The molecule has 0 spiro atoms. The predicted octanol–water partition coefficient (Wildman–Crippen LogP) is 2.91. The van der Waals surface area contributed by atoms with E-state index in [1.165, 1.54) is 43.8 Å². The summed E-state index contributed by atoms with van der Waals surface area (Å²) >= 11 is 0. The van der Waals surface area contributed by atoms with Crippen LogP contribution in [0.15, 0.2) is 53.4 Å². The van der Waals surface area contributed by atoms with Crippen molar-refractivity contribution in [2.45, 2.75) is 37.2 Å². The van der Waals surface area contributed by atoms with Gasteiger partial charge in [-0.3, -0.25) is 14.4 Å². The number of methoxy groups -OCH3 is 1. The molecule has 0 saturated heterocycles. The van der Waals surface area contributed by atoms with Gasteiger partial charge in [0.15, 0.2) is 0 Å². The third-order valence-electron chi connectivity index (χ3n) is 4.62. The van der Waals surface area contributed by atoms with Crippen molar-refractivity contribution in [3.8, 4) is 11.5 Å². The average Bonchev–Trinajstić information content (AvgIpc) is 2.79. The fraction of sp³-hybridized carbons (Fsp3) is 0.381. The van der Waals surface area contributed by atoms with Crippen molar-refractivity contribution < 1.29 is 32.3 Å². The van der Waals surface area contributed by atoms with Crippen LogP contribution in [0.2, 0.25) is 0 Å². The van der Waals surface area contributed by atoms with Gasteiger partial charge in [-0.15, -0.1) is 0 Å². The quantitative estimate of drug-likeness (QED) is 0.290. The number of nitrogens with zero attached hydrogens (tertiary/aromatic N) is 1. The molecule has 1 amide bonds. The summed E-state index contributed by atoms with van der Waals surface area (Å²) in [6.45, 7) is 1.18. The Morgan fingerprint density at radius 2 is 1.87 bits per heavy atom. The number of halogens is 1. The average molecular weight is 455 g/mol. The zero-order chi connectivity index (χ0) is 22.9. The summed E-state index contributed by atoms with van der Waals surface area (Å²) in [5.74, 6) is 0.140. The van der Waals surface area contributed by atoms with Crippen molar-refractivity contribution in [3.05, 3.63) is 54.1 Å². The smallest absolute Gasteiger partial charge is 0.261 e. The molecule has 1 atom stereocenters. The maximum Gasteiger partial charge on any atom is 0.261 e. The van der Waals surface area contributed by atoms with E-state index in [1.807, 2.05) is 0 Å². The topological polar surface area (TPSA) is 105 Å². The highest BCUT2D eigenvalue weighted by Gasteiger charge is 2.33. The van der Waals surface area contributed by atoms with Gasteiger partial charge in [-0.05, 0) is 61.7 Å². The van der Waals surface area contributed by atoms with Crippen molar-refractivity contribution in [2.75, 3.05) is 20.4 Å². The fourth-order valence-electron chi connectivity index (χ4n) is 2.83. The van der Waals surface area contributed by atoms with Crippen LogP contribution in [0, 0.1) is 0 Å². The van der Waals surface area contributed by atoms with Crippen LogP contribution in [0.5, 0.6) is 11.5 Å². The van der Waals surface area contributed by atoms with Gasteiger partial charge in [0.1, 0.15) is 17.5 Å². The van der Waals surface area contributed by atoms with Crippen molar-refractivity contribution in [2.24, 2.45) is 0 Å². The summed E-state index contributed by atoms with van der Waals surface area (Å²) < 4.78 is 50.4. The first-order valence-electron chi connectivity index (χ1n) is 9.71. The Morgan fingerprint density at radius 3 is 2.48 bits per heavy atom. The monoisotopic (exact) mass is 454 g/mol. The highest BCUT2D eigenvalue weighted by molar-refractivity contribution is 7.89. The van der Waals surface area contributed by atoms with Crippen molar-refractivity contribution in [3.63, 3.8) is 0 Å². The number of benzene rings is 2. The Balaban J connectivity index is 2.29. The van der Waals surface area contributed by atoms with Gasteiger partial charge < -0.3 is 9.47 Å². The van der Waals surface area contributed by atoms with E-state index in [9.17, 15) is 17.6 Å². The summed E-state index contributed by atoms with van der Waals surface area (Å²) in [7, 11) is -2.61. The minimum Gasteiger partial charge on any atom is -0.497 e. The summed E-state index contributed by atoms with van der Waals surface area (Å²) in [5.41, 5.74) is 2.11. The molecule has 0 saturated carbocycles. The van der Waals surface area contributed by atoms with Gasteiger partial charge in [-0.25, -0.2) is 13.9 Å². The maximum atomic E-state index is 13.3. The molecule has 0 aliphatic carbocycles. The van der Waals surface area contributed by atoms with Gasteiger partial charge in [-0.1, -0.05) is 12.1 Å². The van der Waals surface area contributed by atoms with Crippen molar-refractivity contribution in [1.29, 1.82) is 0 Å². The Bertz CT molecular complexity index is 953. The van der Waals surface area contributed by atoms with Crippen LogP contribution in [-0.4, -0.2) is 50.3 Å². The number of carbonyl (C=O) groups excluding carboxylic acids is 1. The van der Waals surface area contributed by atoms with Gasteiger partial charge in [0.05, 0.1) is 25.3 Å². The van der Waals surface area contributed by atoms with E-state index < -0.39 is 28.6 Å². The molecule has 2 aromatic carbocycles. The summed E-state index contributed by atoms with van der Waals surface area (Å²) in [4.78, 5) is 12.0. The van der Waals surface area contributed by atoms with E-state index in [1.54, 1.807) is 24.3 Å². The molecule has 2 N–H and O–H groups in total. The third kappa shape index (κ3) is 6.65. The van der Waals surface area contributed by atoms with Crippen LogP contribution in [0.3, 0.4) is 0 Å². The standard InChI is InChI=1S/C21H27FN2O6S/c1-16(21(25)23-26)24(15-17-6-5-7-19(14-17)29-2)31(27,28)20-10-8-18(9-11-20)30-13-4-3-12-22/h5-11,14,16,26H,3-4,12-13,15H2,1-2H3,(H,23,25). The lowest BCUT2D eigenvalue weighted by atomic mass is 10.2. The minimum atomic E-state index is -4.10. The highest BCUT2D eigenvalue weighted by Crippen LogP contribution is 2.25. The second-order valence-electron chi connectivity index (χ2n) is 6.77. The number of hydroxylamine groups is 1. The molecule has 0 aliphatic heterocycles. The molecule has 0 heterocycles. The van der Waals surface area contributed by atoms with Gasteiger partial charge in [0, 0.05) is 6.54 Å². The van der Waals surface area contributed by atoms with Crippen LogP contribution in [-0.2, 0) is 21.4 Å². The normalized spacial score (nSPS) is 12.4. The zero-order valence-corrected chi connectivity index (χ0v) is 18.3. The Labute approximate surface area is 181 Å². The van der Waals surface area contributed by atoms with E-state index >= 15 is 0 Å². The lowest BCUT2D eigenvalue weighted by Gasteiger charge is -2.27. The summed E-state index contributed by atoms with van der Waals surface area (Å²) in [6, 6.07) is 11.4. The van der Waals surface area contributed by atoms with Crippen LogP contribution < -0.4 is 15.0 Å². The molecular weight excluding hydrogens is 427 g/mol. The molecule has 31 heavy (non-hydrogen) atoms. The van der Waals surface area contributed by atoms with Crippen LogP contribution in [0.1, 0.15) is 25.3 Å². The summed E-state index contributed by atoms with van der Waals surface area (Å²) in [6.07, 6.45) is 0.954. The third-order valence-corrected chi connectivity index (χ3v) is 6.55. The van der Waals surface area contributed by atoms with Gasteiger partial charge >= 0.3 is 0 Å². The number of hydrogen-bond acceptors (Lipinski definition) is 6. The largest absolute Gasteiger partial charge is 0.497 e. The van der Waals surface area contributed by atoms with E-state index in [0.29, 0.717) is 36.5 Å². The number of alkyl halides is 1. The molecular formula is C21H27FN2O6S. The Morgan fingerprint density at radius 1 is 1.16 bits per heavy atom. The molecule has 10 heteroatoms. The lowest BCUT2D eigenvalue weighted by molar-refractivity contribution is -0.132. The Kier molecular flexibility index (Phi) is 9.22. The van der Waals surface area contributed by atoms with Crippen molar-refractivity contribution in [1.82, 2.24) is 9.79 Å². The van der Waals surface area contributed by atoms with E-state index in [0.717, 1.165) is 4.31 Å². The fourth-order valence-corrected chi connectivity index (χ4v) is 4.42. The number of sulfonamides is 1. The van der Waals surface area contributed by atoms with Crippen molar-refractivity contribution >= 4 is 15.9 Å². The molecule has 0 fully saturated rings. The predicted molar refractivity (Wildman–Crippen MR) is 112 cm³/mol. The lowest BCUT2D eigenvalue weighted by Crippen LogP contribution is -2.46. The molecule has 0 aromatic heterocycles. The zero-order valence-electron chi connectivity index (χ0n) is 17.5. The van der Waals surface area contributed by atoms with Gasteiger partial charge in [0.2, 0.25) is 10.0 Å². The number of amides is 1. The number of ether oxygens (including phenoxy) is 2. The van der Waals surface area contributed by atoms with Crippen LogP contribution >= 0.6 is 0 Å². The molecule has 2 rings (SSSR count). The number of hydrogen-bond donors (Lipinski definition) is 2. The minimum absolute atomic E-state index is 0.0379. The first-order chi connectivity index (χ1) is 14.8. The van der Waals surface area contributed by atoms with E-state index in [4.69, 9.17) is 14.7 Å². The molecule has 8 nitrogen and oxygen atoms in total. The first-order valence-corrected chi connectivity index (χ1v) is 11.1. The number of unbranched alkanes of at least 4 members (excludes halogenated alkanes) is 1. The maximum absolute atomic E-state index is 13.3. The highest BCUT2D eigenvalue weighted by atomic mass is 32.2. The molecule has 0 aliphatic rings. The van der Waals surface area contributed by atoms with E-state index in [-0.39, 0.29) is 11.4 Å². The number of carbonyl (C=O) groups is 1. The number of rotatable bonds is 12. The molecule has 170 valence electrons. The van der Waals surface area contributed by atoms with Crippen LogP contribution in [0.25, 0.3) is 0 Å². The molecule has 0 bridgehead atoms. The Hall–Kier alpha value is -2.69.